The summed E-state index contributed by atoms with van der Waals surface area (Å²) in [6.45, 7) is 2.05. The molecule has 0 radical (unpaired) electrons. The molecule has 1 aliphatic rings. The molecule has 1 atom stereocenters. The fourth-order valence-electron chi connectivity index (χ4n) is 1.76. The Bertz CT molecular complexity index is 340. The van der Waals surface area contributed by atoms with Crippen molar-refractivity contribution in [2.75, 3.05) is 13.6 Å². The van der Waals surface area contributed by atoms with Gasteiger partial charge < -0.3 is 10.8 Å². The van der Waals surface area contributed by atoms with E-state index in [0.29, 0.717) is 0 Å². The minimum absolute atomic E-state index is 0.246. The molecule has 14 heavy (non-hydrogen) atoms. The maximum absolute atomic E-state index is 9.55. The van der Waals surface area contributed by atoms with E-state index in [9.17, 15) is 5.11 Å². The molecule has 2 rings (SSSR count). The zero-order chi connectivity index (χ0) is 10.1. The summed E-state index contributed by atoms with van der Waals surface area (Å²) < 4.78 is 0. The summed E-state index contributed by atoms with van der Waals surface area (Å²) >= 11 is 0. The zero-order valence-electron chi connectivity index (χ0n) is 8.27. The summed E-state index contributed by atoms with van der Waals surface area (Å²) in [5.74, 6) is 0. The van der Waals surface area contributed by atoms with Crippen molar-refractivity contribution in [1.82, 2.24) is 9.88 Å². The number of fused-ring (bicyclic) bond motifs is 1. The normalized spacial score (nSPS) is 18.2. The van der Waals surface area contributed by atoms with E-state index in [2.05, 4.69) is 16.9 Å². The lowest BCUT2D eigenvalue weighted by Crippen LogP contribution is -2.12. The van der Waals surface area contributed by atoms with Gasteiger partial charge in [-0.2, -0.15) is 0 Å². The van der Waals surface area contributed by atoms with Gasteiger partial charge in [-0.25, -0.2) is 0 Å². The molecule has 0 aromatic carbocycles. The molecular formula is C10H15N3O. The van der Waals surface area contributed by atoms with E-state index in [1.54, 1.807) is 6.20 Å². The number of nitrogens with zero attached hydrogens (tertiary/aromatic N) is 2. The van der Waals surface area contributed by atoms with Gasteiger partial charge in [0.25, 0.3) is 0 Å². The van der Waals surface area contributed by atoms with Crippen LogP contribution >= 0.6 is 0 Å². The molecule has 1 aliphatic heterocycles. The quantitative estimate of drug-likeness (QED) is 0.695. The van der Waals surface area contributed by atoms with E-state index in [1.165, 1.54) is 5.56 Å². The molecule has 1 aromatic heterocycles. The zero-order valence-corrected chi connectivity index (χ0v) is 8.27. The number of aliphatic hydroxyl groups excluding tert-OH is 1. The highest BCUT2D eigenvalue weighted by Crippen LogP contribution is 2.22. The van der Waals surface area contributed by atoms with Gasteiger partial charge >= 0.3 is 0 Å². The molecule has 1 unspecified atom stereocenters. The highest BCUT2D eigenvalue weighted by Gasteiger charge is 2.18. The Morgan fingerprint density at radius 3 is 3.14 bits per heavy atom. The standard InChI is InChI=1S/C10H15N3O/c1-13-5-8-2-7(10(14)3-11)4-12-9(8)6-13/h2,4,10,14H,3,5-6,11H2,1H3. The SMILES string of the molecule is CN1Cc2cc(C(O)CN)cnc2C1. The molecule has 0 spiro atoms. The minimum Gasteiger partial charge on any atom is -0.387 e. The molecule has 76 valence electrons. The van der Waals surface area contributed by atoms with Crippen LogP contribution in [0.5, 0.6) is 0 Å². The Morgan fingerprint density at radius 1 is 1.64 bits per heavy atom. The lowest BCUT2D eigenvalue weighted by Gasteiger charge is -2.08. The van der Waals surface area contributed by atoms with Gasteiger partial charge in [0, 0.05) is 31.4 Å². The van der Waals surface area contributed by atoms with E-state index in [-0.39, 0.29) is 6.54 Å². The predicted octanol–water partition coefficient (Wildman–Crippen LogP) is 0.0191. The van der Waals surface area contributed by atoms with Crippen LogP contribution in [0, 0.1) is 0 Å². The molecule has 4 heteroatoms. The number of hydrogen-bond donors (Lipinski definition) is 2. The van der Waals surface area contributed by atoms with Gasteiger partial charge in [-0.05, 0) is 18.7 Å². The average molecular weight is 193 g/mol. The van der Waals surface area contributed by atoms with Crippen molar-refractivity contribution in [3.05, 3.63) is 29.1 Å². The third-order valence-corrected chi connectivity index (χ3v) is 2.55. The second-order valence-electron chi connectivity index (χ2n) is 3.80. The van der Waals surface area contributed by atoms with Crippen LogP contribution in [0.1, 0.15) is 22.9 Å². The van der Waals surface area contributed by atoms with E-state index >= 15 is 0 Å². The molecule has 0 saturated heterocycles. The van der Waals surface area contributed by atoms with Gasteiger partial charge in [0.2, 0.25) is 0 Å². The first kappa shape index (κ1) is 9.58. The van der Waals surface area contributed by atoms with Crippen molar-refractivity contribution >= 4 is 0 Å². The molecule has 3 N–H and O–H groups in total. The van der Waals surface area contributed by atoms with Gasteiger partial charge in [-0.1, -0.05) is 0 Å². The van der Waals surface area contributed by atoms with Crippen LogP contribution in [0.2, 0.25) is 0 Å². The first-order valence-electron chi connectivity index (χ1n) is 4.75. The maximum Gasteiger partial charge on any atom is 0.0927 e. The highest BCUT2D eigenvalue weighted by atomic mass is 16.3. The van der Waals surface area contributed by atoms with Gasteiger partial charge in [0.05, 0.1) is 11.8 Å². The largest absolute Gasteiger partial charge is 0.387 e. The summed E-state index contributed by atoms with van der Waals surface area (Å²) in [6, 6.07) is 2.00. The van der Waals surface area contributed by atoms with Crippen LogP contribution in [0.15, 0.2) is 12.3 Å². The lowest BCUT2D eigenvalue weighted by molar-refractivity contribution is 0.186. The average Bonchev–Trinajstić information content (AvgIpc) is 2.55. The molecule has 2 heterocycles. The van der Waals surface area contributed by atoms with E-state index in [4.69, 9.17) is 5.73 Å². The Balaban J connectivity index is 2.28. The van der Waals surface area contributed by atoms with Crippen molar-refractivity contribution in [3.8, 4) is 0 Å². The van der Waals surface area contributed by atoms with E-state index in [1.807, 2.05) is 6.07 Å². The highest BCUT2D eigenvalue weighted by molar-refractivity contribution is 5.29. The molecular weight excluding hydrogens is 178 g/mol. The maximum atomic E-state index is 9.55. The van der Waals surface area contributed by atoms with Crippen molar-refractivity contribution in [1.29, 1.82) is 0 Å². The number of hydrogen-bond acceptors (Lipinski definition) is 4. The third-order valence-electron chi connectivity index (χ3n) is 2.55. The number of aliphatic hydroxyl groups is 1. The topological polar surface area (TPSA) is 62.4 Å². The predicted molar refractivity (Wildman–Crippen MR) is 53.4 cm³/mol. The molecule has 0 saturated carbocycles. The first-order chi connectivity index (χ1) is 6.70. The summed E-state index contributed by atoms with van der Waals surface area (Å²) in [6.07, 6.45) is 1.13. The Kier molecular flexibility index (Phi) is 2.50. The number of rotatable bonds is 2. The second-order valence-corrected chi connectivity index (χ2v) is 3.80. The van der Waals surface area contributed by atoms with Crippen LogP contribution in [0.25, 0.3) is 0 Å². The Morgan fingerprint density at radius 2 is 2.43 bits per heavy atom. The monoisotopic (exact) mass is 193 g/mol. The van der Waals surface area contributed by atoms with Crippen molar-refractivity contribution in [2.45, 2.75) is 19.2 Å². The van der Waals surface area contributed by atoms with Gasteiger partial charge in [-0.15, -0.1) is 0 Å². The fourth-order valence-corrected chi connectivity index (χ4v) is 1.76. The van der Waals surface area contributed by atoms with Crippen molar-refractivity contribution in [3.63, 3.8) is 0 Å². The summed E-state index contributed by atoms with van der Waals surface area (Å²) in [4.78, 5) is 6.51. The molecule has 1 aromatic rings. The van der Waals surface area contributed by atoms with Gasteiger partial charge in [0.1, 0.15) is 0 Å². The number of aromatic nitrogens is 1. The third kappa shape index (κ3) is 1.64. The van der Waals surface area contributed by atoms with Crippen LogP contribution < -0.4 is 5.73 Å². The summed E-state index contributed by atoms with van der Waals surface area (Å²) in [5.41, 5.74) is 8.53. The number of pyridine rings is 1. The van der Waals surface area contributed by atoms with Crippen LogP contribution in [0.3, 0.4) is 0 Å². The smallest absolute Gasteiger partial charge is 0.0927 e. The van der Waals surface area contributed by atoms with Crippen molar-refractivity contribution < 1.29 is 5.11 Å². The molecule has 0 fully saturated rings. The molecule has 0 amide bonds. The van der Waals surface area contributed by atoms with Crippen LogP contribution in [0.4, 0.5) is 0 Å². The van der Waals surface area contributed by atoms with Crippen molar-refractivity contribution in [2.24, 2.45) is 5.73 Å². The fraction of sp³-hybridized carbons (Fsp3) is 0.500. The Labute approximate surface area is 83.4 Å². The molecule has 4 nitrogen and oxygen atoms in total. The molecule has 0 bridgehead atoms. The molecule has 0 aliphatic carbocycles. The van der Waals surface area contributed by atoms with Gasteiger partial charge in [0.15, 0.2) is 0 Å². The van der Waals surface area contributed by atoms with Crippen LogP contribution in [-0.4, -0.2) is 28.6 Å². The first-order valence-corrected chi connectivity index (χ1v) is 4.75. The second kappa shape index (κ2) is 3.65. The number of nitrogens with two attached hydrogens (primary N) is 1. The van der Waals surface area contributed by atoms with Crippen LogP contribution in [-0.2, 0) is 13.1 Å². The minimum atomic E-state index is -0.585. The Hall–Kier alpha value is -0.970. The van der Waals surface area contributed by atoms with E-state index in [0.717, 1.165) is 24.3 Å². The summed E-state index contributed by atoms with van der Waals surface area (Å²) in [5, 5.41) is 9.55. The van der Waals surface area contributed by atoms with E-state index < -0.39 is 6.10 Å². The lowest BCUT2D eigenvalue weighted by atomic mass is 10.1. The van der Waals surface area contributed by atoms with Gasteiger partial charge in [-0.3, -0.25) is 9.88 Å². The summed E-state index contributed by atoms with van der Waals surface area (Å²) in [7, 11) is 2.06.